The van der Waals surface area contributed by atoms with Gasteiger partial charge >= 0.3 is 0 Å². The Morgan fingerprint density at radius 2 is 2.00 bits per heavy atom. The number of Topliss-reactive ketones (excluding diaryl/α,β-unsaturated/α-hetero) is 1. The summed E-state index contributed by atoms with van der Waals surface area (Å²) in [6.07, 6.45) is 1.58. The number of hydrogen-bond donors (Lipinski definition) is 1. The van der Waals surface area contributed by atoms with Crippen LogP contribution in [-0.4, -0.2) is 29.2 Å². The second kappa shape index (κ2) is 3.54. The number of aliphatic hydroxyl groups excluding tert-OH is 1. The topological polar surface area (TPSA) is 46.5 Å². The second-order valence-corrected chi connectivity index (χ2v) is 6.29. The fourth-order valence-corrected chi connectivity index (χ4v) is 3.36. The first kappa shape index (κ1) is 12.1. The van der Waals surface area contributed by atoms with Crippen LogP contribution in [0.25, 0.3) is 0 Å². The average molecular weight is 226 g/mol. The summed E-state index contributed by atoms with van der Waals surface area (Å²) in [5.74, 6) is 0.290. The minimum Gasteiger partial charge on any atom is -0.390 e. The fourth-order valence-electron chi connectivity index (χ4n) is 3.36. The zero-order chi connectivity index (χ0) is 12.1. The van der Waals surface area contributed by atoms with Crippen LogP contribution in [0.3, 0.4) is 0 Å². The van der Waals surface area contributed by atoms with E-state index in [-0.39, 0.29) is 17.6 Å². The van der Waals surface area contributed by atoms with Gasteiger partial charge in [-0.2, -0.15) is 0 Å². The number of ketones is 1. The molecule has 1 saturated carbocycles. The molecule has 1 heterocycles. The summed E-state index contributed by atoms with van der Waals surface area (Å²) in [5.41, 5.74) is -0.468. The molecule has 1 N–H and O–H groups in total. The van der Waals surface area contributed by atoms with Gasteiger partial charge in [-0.15, -0.1) is 0 Å². The molecule has 0 aromatic heterocycles. The van der Waals surface area contributed by atoms with E-state index < -0.39 is 11.5 Å². The molecule has 1 aliphatic heterocycles. The second-order valence-electron chi connectivity index (χ2n) is 6.29. The number of carbonyl (C=O) groups is 1. The van der Waals surface area contributed by atoms with Crippen LogP contribution in [0.15, 0.2) is 0 Å². The predicted octanol–water partition coefficient (Wildman–Crippen LogP) is 1.92. The molecule has 4 atom stereocenters. The molecule has 92 valence electrons. The monoisotopic (exact) mass is 226 g/mol. The van der Waals surface area contributed by atoms with Crippen molar-refractivity contribution in [1.82, 2.24) is 0 Å². The molecule has 0 amide bonds. The lowest BCUT2D eigenvalue weighted by Crippen LogP contribution is -2.59. The smallest absolute Gasteiger partial charge is 0.141 e. The van der Waals surface area contributed by atoms with Gasteiger partial charge in [-0.25, -0.2) is 0 Å². The van der Waals surface area contributed by atoms with Crippen LogP contribution in [0.1, 0.15) is 47.0 Å². The largest absolute Gasteiger partial charge is 0.390 e. The zero-order valence-electron chi connectivity index (χ0n) is 10.6. The summed E-state index contributed by atoms with van der Waals surface area (Å²) in [6.45, 7) is 7.98. The first-order valence-electron chi connectivity index (χ1n) is 6.14. The van der Waals surface area contributed by atoms with Crippen LogP contribution in [0, 0.1) is 10.8 Å². The van der Waals surface area contributed by atoms with Crippen molar-refractivity contribution in [3.8, 4) is 0 Å². The summed E-state index contributed by atoms with van der Waals surface area (Å²) in [7, 11) is 0. The lowest BCUT2D eigenvalue weighted by Gasteiger charge is -2.54. The SMILES string of the molecule is CC1O[C@@H]2C(C)(CCC(=O)C2(C)C)C[C@@H]1O. The van der Waals surface area contributed by atoms with Crippen LogP contribution in [-0.2, 0) is 9.53 Å². The highest BCUT2D eigenvalue weighted by Crippen LogP contribution is 2.51. The molecule has 0 radical (unpaired) electrons. The third kappa shape index (κ3) is 1.61. The van der Waals surface area contributed by atoms with E-state index in [4.69, 9.17) is 4.74 Å². The molecule has 2 fully saturated rings. The van der Waals surface area contributed by atoms with Gasteiger partial charge in [0.15, 0.2) is 0 Å². The first-order chi connectivity index (χ1) is 7.27. The van der Waals surface area contributed by atoms with Gasteiger partial charge in [-0.05, 0) is 25.2 Å². The number of rotatable bonds is 0. The maximum absolute atomic E-state index is 12.0. The molecule has 2 rings (SSSR count). The van der Waals surface area contributed by atoms with E-state index in [1.54, 1.807) is 0 Å². The van der Waals surface area contributed by atoms with Gasteiger partial charge in [0.1, 0.15) is 5.78 Å². The Bertz CT molecular complexity index is 310. The van der Waals surface area contributed by atoms with E-state index in [0.717, 1.165) is 12.8 Å². The number of aliphatic hydroxyl groups is 1. The normalized spacial score (nSPS) is 47.6. The average Bonchev–Trinajstić information content (AvgIpc) is 2.18. The number of hydrogen-bond acceptors (Lipinski definition) is 3. The highest BCUT2D eigenvalue weighted by atomic mass is 16.5. The van der Waals surface area contributed by atoms with E-state index >= 15 is 0 Å². The van der Waals surface area contributed by atoms with Crippen LogP contribution < -0.4 is 0 Å². The Morgan fingerprint density at radius 1 is 1.38 bits per heavy atom. The van der Waals surface area contributed by atoms with E-state index in [1.165, 1.54) is 0 Å². The molecule has 3 heteroatoms. The molecule has 16 heavy (non-hydrogen) atoms. The Kier molecular flexibility index (Phi) is 2.67. The maximum atomic E-state index is 12.0. The van der Waals surface area contributed by atoms with Gasteiger partial charge in [0.25, 0.3) is 0 Å². The molecule has 0 bridgehead atoms. The molecular formula is C13H22O3. The maximum Gasteiger partial charge on any atom is 0.141 e. The van der Waals surface area contributed by atoms with Gasteiger partial charge in [0.2, 0.25) is 0 Å². The number of carbonyl (C=O) groups excluding carboxylic acids is 1. The van der Waals surface area contributed by atoms with Crippen LogP contribution in [0.2, 0.25) is 0 Å². The van der Waals surface area contributed by atoms with Gasteiger partial charge < -0.3 is 9.84 Å². The minimum absolute atomic E-state index is 0.0522. The minimum atomic E-state index is -0.415. The summed E-state index contributed by atoms with van der Waals surface area (Å²) < 4.78 is 5.92. The van der Waals surface area contributed by atoms with Gasteiger partial charge in [0.05, 0.1) is 23.7 Å². The molecule has 3 nitrogen and oxygen atoms in total. The quantitative estimate of drug-likeness (QED) is 0.686. The fraction of sp³-hybridized carbons (Fsp3) is 0.923. The van der Waals surface area contributed by atoms with Crippen LogP contribution in [0.4, 0.5) is 0 Å². The standard InChI is InChI=1S/C13H22O3/c1-8-9(14)7-13(4)6-5-10(15)12(2,3)11(13)16-8/h8-9,11,14H,5-7H2,1-4H3/t8?,9-,11-,13?/m0/s1. The van der Waals surface area contributed by atoms with Crippen molar-refractivity contribution in [3.63, 3.8) is 0 Å². The van der Waals surface area contributed by atoms with Crippen molar-refractivity contribution in [2.45, 2.75) is 65.3 Å². The van der Waals surface area contributed by atoms with E-state index in [2.05, 4.69) is 6.92 Å². The van der Waals surface area contributed by atoms with Crippen molar-refractivity contribution in [3.05, 3.63) is 0 Å². The molecule has 0 aromatic rings. The molecule has 0 aromatic carbocycles. The lowest BCUT2D eigenvalue weighted by molar-refractivity contribution is -0.218. The lowest BCUT2D eigenvalue weighted by atomic mass is 9.58. The molecule has 2 unspecified atom stereocenters. The predicted molar refractivity (Wildman–Crippen MR) is 61.1 cm³/mol. The molecule has 1 saturated heterocycles. The highest BCUT2D eigenvalue weighted by molar-refractivity contribution is 5.85. The Hall–Kier alpha value is -0.410. The van der Waals surface area contributed by atoms with Crippen molar-refractivity contribution in [2.24, 2.45) is 10.8 Å². The molecule has 0 spiro atoms. The van der Waals surface area contributed by atoms with Crippen LogP contribution in [0.5, 0.6) is 0 Å². The van der Waals surface area contributed by atoms with Crippen molar-refractivity contribution < 1.29 is 14.6 Å². The molecular weight excluding hydrogens is 204 g/mol. The Balaban J connectivity index is 2.32. The third-order valence-electron chi connectivity index (χ3n) is 4.50. The third-order valence-corrected chi connectivity index (χ3v) is 4.50. The molecule has 2 aliphatic rings. The Labute approximate surface area is 97.2 Å². The number of ether oxygens (including phenoxy) is 1. The summed E-state index contributed by atoms with van der Waals surface area (Å²) >= 11 is 0. The highest BCUT2D eigenvalue weighted by Gasteiger charge is 2.55. The van der Waals surface area contributed by atoms with Crippen molar-refractivity contribution >= 4 is 5.78 Å². The van der Waals surface area contributed by atoms with Gasteiger partial charge in [0, 0.05) is 6.42 Å². The van der Waals surface area contributed by atoms with E-state index in [9.17, 15) is 9.90 Å². The summed E-state index contributed by atoms with van der Waals surface area (Å²) in [6, 6.07) is 0. The van der Waals surface area contributed by atoms with E-state index in [1.807, 2.05) is 20.8 Å². The zero-order valence-corrected chi connectivity index (χ0v) is 10.6. The van der Waals surface area contributed by atoms with Crippen LogP contribution >= 0.6 is 0 Å². The Morgan fingerprint density at radius 3 is 2.62 bits per heavy atom. The van der Waals surface area contributed by atoms with Gasteiger partial charge in [-0.1, -0.05) is 20.8 Å². The summed E-state index contributed by atoms with van der Waals surface area (Å²) in [5, 5.41) is 9.91. The molecule has 1 aliphatic carbocycles. The van der Waals surface area contributed by atoms with Crippen molar-refractivity contribution in [2.75, 3.05) is 0 Å². The number of fused-ring (bicyclic) bond motifs is 1. The van der Waals surface area contributed by atoms with Gasteiger partial charge in [-0.3, -0.25) is 4.79 Å². The summed E-state index contributed by atoms with van der Waals surface area (Å²) in [4.78, 5) is 12.0. The van der Waals surface area contributed by atoms with E-state index in [0.29, 0.717) is 12.2 Å². The first-order valence-corrected chi connectivity index (χ1v) is 6.14. The van der Waals surface area contributed by atoms with Crippen molar-refractivity contribution in [1.29, 1.82) is 0 Å².